The number of aldehydes is 1. The summed E-state index contributed by atoms with van der Waals surface area (Å²) in [5.41, 5.74) is -0.284. The van der Waals surface area contributed by atoms with Gasteiger partial charge >= 0.3 is 5.63 Å². The molecule has 7 heteroatoms. The van der Waals surface area contributed by atoms with Crippen molar-refractivity contribution in [3.63, 3.8) is 0 Å². The van der Waals surface area contributed by atoms with Gasteiger partial charge in [0.15, 0.2) is 0 Å². The number of rotatable bonds is 2. The lowest BCUT2D eigenvalue weighted by Gasteiger charge is -2.72. The van der Waals surface area contributed by atoms with Gasteiger partial charge in [0.2, 0.25) is 0 Å². The highest BCUT2D eigenvalue weighted by Gasteiger charge is 2.79. The van der Waals surface area contributed by atoms with Crippen molar-refractivity contribution in [1.82, 2.24) is 0 Å². The van der Waals surface area contributed by atoms with Gasteiger partial charge in [-0.3, -0.25) is 0 Å². The molecule has 0 unspecified atom stereocenters. The first-order valence-corrected chi connectivity index (χ1v) is 12.6. The van der Waals surface area contributed by atoms with Crippen LogP contribution in [0.3, 0.4) is 0 Å². The van der Waals surface area contributed by atoms with Crippen LogP contribution in [0.5, 0.6) is 0 Å². The van der Waals surface area contributed by atoms with E-state index in [9.17, 15) is 9.59 Å². The Morgan fingerprint density at radius 1 is 1.09 bits per heavy atom. The summed E-state index contributed by atoms with van der Waals surface area (Å²) in [6.45, 7) is 4.27. The van der Waals surface area contributed by atoms with Gasteiger partial charge in [0.25, 0.3) is 5.97 Å². The van der Waals surface area contributed by atoms with Crippen LogP contribution < -0.4 is 5.63 Å². The number of fused-ring (bicyclic) bond motifs is 5. The molecule has 7 nitrogen and oxygen atoms in total. The molecule has 0 radical (unpaired) electrons. The summed E-state index contributed by atoms with van der Waals surface area (Å²) in [6, 6.07) is 3.44. The van der Waals surface area contributed by atoms with Crippen LogP contribution in [0.1, 0.15) is 63.9 Å². The third-order valence-corrected chi connectivity index (χ3v) is 10.9. The molecule has 176 valence electrons. The first-order valence-electron chi connectivity index (χ1n) is 12.6. The summed E-state index contributed by atoms with van der Waals surface area (Å²) >= 11 is 0. The Morgan fingerprint density at radius 2 is 1.97 bits per heavy atom. The summed E-state index contributed by atoms with van der Waals surface area (Å²) in [5.74, 6) is 0.214. The predicted molar refractivity (Wildman–Crippen MR) is 113 cm³/mol. The van der Waals surface area contributed by atoms with E-state index in [1.54, 1.807) is 6.26 Å². The maximum atomic E-state index is 13.1. The standard InChI is InChI=1S/C26H30O7/c1-23-7-6-16-15(20(23)22-21(30-22)19(23)13-3-4-18(28)29-11-13)5-8-25-10-14-9-17(26(16,25)12-27)32-24(2,31-14)33-25/h3-4,11-12,14-17,19-22H,5-10H2,1-2H3/t14-,15+,16-,17+,19-,20-,21+,22-,23+,24+,25-,26-/m0/s1. The fourth-order valence-corrected chi connectivity index (χ4v) is 10.1. The third-order valence-electron chi connectivity index (χ3n) is 10.9. The molecule has 4 saturated carbocycles. The molecule has 4 bridgehead atoms. The second-order valence-corrected chi connectivity index (χ2v) is 12.1. The molecule has 1 spiro atoms. The largest absolute Gasteiger partial charge is 0.431 e. The van der Waals surface area contributed by atoms with Gasteiger partial charge in [-0.1, -0.05) is 6.92 Å². The third kappa shape index (κ3) is 2.14. The van der Waals surface area contributed by atoms with Gasteiger partial charge in [0.05, 0.1) is 41.7 Å². The van der Waals surface area contributed by atoms with E-state index in [0.29, 0.717) is 11.8 Å². The number of epoxide rings is 1. The molecule has 33 heavy (non-hydrogen) atoms. The molecule has 1 aromatic rings. The summed E-state index contributed by atoms with van der Waals surface area (Å²) < 4.78 is 30.5. The van der Waals surface area contributed by atoms with Gasteiger partial charge in [0.1, 0.15) is 6.29 Å². The zero-order valence-electron chi connectivity index (χ0n) is 19.0. The maximum Gasteiger partial charge on any atom is 0.335 e. The molecule has 4 saturated heterocycles. The summed E-state index contributed by atoms with van der Waals surface area (Å²) in [5, 5.41) is 0. The Labute approximate surface area is 192 Å². The number of carbonyl (C=O) groups is 1. The minimum Gasteiger partial charge on any atom is -0.431 e. The smallest absolute Gasteiger partial charge is 0.335 e. The SMILES string of the molecule is C[C@@]12O[C@H]3C[C@@H](O1)[C@]1(C=O)[C@H]4CC[C@@]5(C)[C@@H]([C@@H]4CC[C@@]1(C3)O2)[C@@H]1O[C@@H]1[C@@H]5c1ccc(=O)oc1. The van der Waals surface area contributed by atoms with Crippen LogP contribution in [-0.4, -0.2) is 42.3 Å². The van der Waals surface area contributed by atoms with E-state index < -0.39 is 17.0 Å². The molecule has 0 aromatic carbocycles. The molecule has 0 amide bonds. The van der Waals surface area contributed by atoms with Crippen molar-refractivity contribution in [3.05, 3.63) is 34.4 Å². The highest BCUT2D eigenvalue weighted by atomic mass is 16.9. The monoisotopic (exact) mass is 454 g/mol. The number of carbonyl (C=O) groups excluding carboxylic acids is 1. The molecular weight excluding hydrogens is 424 g/mol. The molecule has 8 fully saturated rings. The van der Waals surface area contributed by atoms with Crippen LogP contribution in [0.2, 0.25) is 0 Å². The lowest BCUT2D eigenvalue weighted by atomic mass is 9.41. The first-order chi connectivity index (χ1) is 15.8. The highest BCUT2D eigenvalue weighted by Crippen LogP contribution is 2.75. The van der Waals surface area contributed by atoms with Crippen molar-refractivity contribution in [3.8, 4) is 0 Å². The van der Waals surface area contributed by atoms with Crippen molar-refractivity contribution < 1.29 is 28.2 Å². The Morgan fingerprint density at radius 3 is 2.73 bits per heavy atom. The van der Waals surface area contributed by atoms with E-state index in [4.69, 9.17) is 23.4 Å². The van der Waals surface area contributed by atoms with E-state index in [-0.39, 0.29) is 47.3 Å². The molecule has 12 atom stereocenters. The summed E-state index contributed by atoms with van der Waals surface area (Å²) in [4.78, 5) is 24.7. The van der Waals surface area contributed by atoms with Gasteiger partial charge in [-0.2, -0.15) is 0 Å². The second kappa shape index (κ2) is 5.81. The van der Waals surface area contributed by atoms with Gasteiger partial charge < -0.3 is 28.2 Å². The number of hydrogen-bond donors (Lipinski definition) is 0. The number of hydrogen-bond acceptors (Lipinski definition) is 7. The molecule has 0 N–H and O–H groups in total. The highest BCUT2D eigenvalue weighted by molar-refractivity contribution is 5.66. The molecular formula is C26H30O7. The number of ether oxygens (including phenoxy) is 4. The van der Waals surface area contributed by atoms with Crippen LogP contribution in [-0.2, 0) is 23.7 Å². The normalized spacial score (nSPS) is 59.3. The molecule has 9 rings (SSSR count). The predicted octanol–water partition coefficient (Wildman–Crippen LogP) is 3.15. The summed E-state index contributed by atoms with van der Waals surface area (Å²) in [6.07, 6.45) is 8.71. The lowest BCUT2D eigenvalue weighted by Crippen LogP contribution is -2.80. The van der Waals surface area contributed by atoms with Crippen molar-refractivity contribution in [1.29, 1.82) is 0 Å². The first kappa shape index (κ1) is 19.7. The van der Waals surface area contributed by atoms with Crippen LogP contribution in [0.4, 0.5) is 0 Å². The van der Waals surface area contributed by atoms with Gasteiger partial charge in [-0.05, 0) is 60.5 Å². The van der Waals surface area contributed by atoms with E-state index >= 15 is 0 Å². The Bertz CT molecular complexity index is 1100. The van der Waals surface area contributed by atoms with Crippen molar-refractivity contribution in [2.45, 2.75) is 94.3 Å². The zero-order valence-corrected chi connectivity index (χ0v) is 19.0. The Hall–Kier alpha value is -1.54. The maximum absolute atomic E-state index is 13.1. The Kier molecular flexibility index (Phi) is 3.47. The van der Waals surface area contributed by atoms with Crippen molar-refractivity contribution in [2.75, 3.05) is 0 Å². The van der Waals surface area contributed by atoms with E-state index in [2.05, 4.69) is 6.92 Å². The fourth-order valence-electron chi connectivity index (χ4n) is 10.1. The van der Waals surface area contributed by atoms with E-state index in [1.165, 1.54) is 12.4 Å². The van der Waals surface area contributed by atoms with Crippen molar-refractivity contribution >= 4 is 6.29 Å². The average molecular weight is 455 g/mol. The van der Waals surface area contributed by atoms with Gasteiger partial charge in [-0.25, -0.2) is 4.79 Å². The van der Waals surface area contributed by atoms with Crippen LogP contribution >= 0.6 is 0 Å². The Balaban J connectivity index is 1.20. The molecule has 8 aliphatic rings. The quantitative estimate of drug-likeness (QED) is 0.501. The molecule has 4 aliphatic carbocycles. The van der Waals surface area contributed by atoms with Gasteiger partial charge in [0, 0.05) is 31.7 Å². The molecule has 1 aromatic heterocycles. The lowest BCUT2D eigenvalue weighted by molar-refractivity contribution is -0.541. The minimum atomic E-state index is -1.02. The fraction of sp³-hybridized carbons (Fsp3) is 0.769. The van der Waals surface area contributed by atoms with Gasteiger partial charge in [-0.15, -0.1) is 0 Å². The van der Waals surface area contributed by atoms with Crippen LogP contribution in [0.25, 0.3) is 0 Å². The van der Waals surface area contributed by atoms with Crippen LogP contribution in [0.15, 0.2) is 27.6 Å². The molecule has 5 heterocycles. The second-order valence-electron chi connectivity index (χ2n) is 12.1. The summed E-state index contributed by atoms with van der Waals surface area (Å²) in [7, 11) is 0. The topological polar surface area (TPSA) is 87.5 Å². The molecule has 4 aliphatic heterocycles. The van der Waals surface area contributed by atoms with E-state index in [0.717, 1.165) is 44.1 Å². The average Bonchev–Trinajstić information content (AvgIpc) is 3.47. The van der Waals surface area contributed by atoms with Crippen molar-refractivity contribution in [2.24, 2.45) is 28.6 Å². The van der Waals surface area contributed by atoms with E-state index in [1.807, 2.05) is 13.0 Å². The zero-order chi connectivity index (χ0) is 22.4. The minimum absolute atomic E-state index is 0.0615. The van der Waals surface area contributed by atoms with Crippen LogP contribution in [0, 0.1) is 28.6 Å².